The molecule has 2 fully saturated rings. The second-order valence-electron chi connectivity index (χ2n) is 6.60. The van der Waals surface area contributed by atoms with E-state index in [1.54, 1.807) is 4.90 Å². The smallest absolute Gasteiger partial charge is 0.410 e. The zero-order chi connectivity index (χ0) is 16.3. The molecule has 1 amide bonds. The number of amides is 1. The number of rotatable bonds is 4. The van der Waals surface area contributed by atoms with Crippen LogP contribution in [0.3, 0.4) is 0 Å². The van der Waals surface area contributed by atoms with Crippen LogP contribution in [-0.4, -0.2) is 34.2 Å². The number of carbonyl (C=O) groups is 2. The molecule has 124 valence electrons. The van der Waals surface area contributed by atoms with Gasteiger partial charge in [0.2, 0.25) is 0 Å². The fourth-order valence-electron chi connectivity index (χ4n) is 4.23. The van der Waals surface area contributed by atoms with E-state index < -0.39 is 11.5 Å². The van der Waals surface area contributed by atoms with E-state index in [9.17, 15) is 14.7 Å². The molecule has 0 bridgehead atoms. The van der Waals surface area contributed by atoms with E-state index in [1.165, 1.54) is 0 Å². The van der Waals surface area contributed by atoms with E-state index in [0.29, 0.717) is 6.54 Å². The van der Waals surface area contributed by atoms with E-state index in [-0.39, 0.29) is 25.0 Å². The van der Waals surface area contributed by atoms with Gasteiger partial charge in [0.1, 0.15) is 6.61 Å². The molecule has 0 spiro atoms. The van der Waals surface area contributed by atoms with Gasteiger partial charge in [-0.3, -0.25) is 4.79 Å². The number of nitrogens with zero attached hydrogens (tertiary/aromatic N) is 1. The lowest BCUT2D eigenvalue weighted by molar-refractivity contribution is -0.141. The van der Waals surface area contributed by atoms with Crippen molar-refractivity contribution in [3.8, 4) is 0 Å². The Hall–Kier alpha value is -2.04. The number of aliphatic carboxylic acids is 1. The van der Waals surface area contributed by atoms with Crippen molar-refractivity contribution in [1.82, 2.24) is 4.90 Å². The van der Waals surface area contributed by atoms with Crippen LogP contribution in [-0.2, 0) is 16.1 Å². The Kier molecular flexibility index (Phi) is 4.55. The fourth-order valence-corrected chi connectivity index (χ4v) is 4.23. The number of carboxylic acids is 1. The van der Waals surface area contributed by atoms with E-state index >= 15 is 0 Å². The lowest BCUT2D eigenvalue weighted by Gasteiger charge is -2.43. The Morgan fingerprint density at radius 3 is 2.74 bits per heavy atom. The second-order valence-corrected chi connectivity index (χ2v) is 6.60. The van der Waals surface area contributed by atoms with Gasteiger partial charge in [-0.05, 0) is 30.7 Å². The normalized spacial score (nSPS) is 26.6. The van der Waals surface area contributed by atoms with Crippen LogP contribution in [0.2, 0.25) is 0 Å². The minimum Gasteiger partial charge on any atom is -0.481 e. The molecule has 0 unspecified atom stereocenters. The van der Waals surface area contributed by atoms with Gasteiger partial charge in [-0.25, -0.2) is 4.79 Å². The highest BCUT2D eigenvalue weighted by Gasteiger charge is 2.53. The van der Waals surface area contributed by atoms with Gasteiger partial charge < -0.3 is 14.7 Å². The molecule has 5 nitrogen and oxygen atoms in total. The second kappa shape index (κ2) is 6.60. The number of ether oxygens (including phenoxy) is 1. The van der Waals surface area contributed by atoms with Crippen molar-refractivity contribution < 1.29 is 19.4 Å². The molecule has 0 aromatic heterocycles. The molecular weight excluding hydrogens is 294 g/mol. The van der Waals surface area contributed by atoms with Gasteiger partial charge in [-0.1, -0.05) is 43.2 Å². The van der Waals surface area contributed by atoms with Crippen LogP contribution in [0.25, 0.3) is 0 Å². The predicted octanol–water partition coefficient (Wildman–Crippen LogP) is 3.43. The van der Waals surface area contributed by atoms with Gasteiger partial charge in [-0.2, -0.15) is 0 Å². The molecule has 1 saturated carbocycles. The first kappa shape index (κ1) is 15.8. The lowest BCUT2D eigenvalue weighted by atomic mass is 9.71. The molecule has 1 N–H and O–H groups in total. The maximum absolute atomic E-state index is 12.6. The summed E-state index contributed by atoms with van der Waals surface area (Å²) in [5.74, 6) is -0.545. The summed E-state index contributed by atoms with van der Waals surface area (Å²) in [7, 11) is 0. The van der Waals surface area contributed by atoms with Gasteiger partial charge in [0.25, 0.3) is 0 Å². The molecule has 2 aliphatic rings. The van der Waals surface area contributed by atoms with Gasteiger partial charge in [0.15, 0.2) is 0 Å². The van der Waals surface area contributed by atoms with Crippen molar-refractivity contribution in [2.45, 2.75) is 50.7 Å². The van der Waals surface area contributed by atoms with Crippen LogP contribution in [0.1, 0.15) is 44.1 Å². The van der Waals surface area contributed by atoms with Gasteiger partial charge in [0, 0.05) is 6.54 Å². The SMILES string of the molecule is O=C(O)C[C@]12CCCC[C@H]1CCN2C(=O)OCc1ccccc1. The van der Waals surface area contributed by atoms with E-state index in [1.807, 2.05) is 30.3 Å². The highest BCUT2D eigenvalue weighted by atomic mass is 16.6. The van der Waals surface area contributed by atoms with Gasteiger partial charge in [0.05, 0.1) is 12.0 Å². The van der Waals surface area contributed by atoms with Crippen LogP contribution < -0.4 is 0 Å². The summed E-state index contributed by atoms with van der Waals surface area (Å²) in [6.07, 6.45) is 4.41. The lowest BCUT2D eigenvalue weighted by Crippen LogP contribution is -2.53. The Balaban J connectivity index is 1.71. The van der Waals surface area contributed by atoms with Crippen LogP contribution >= 0.6 is 0 Å². The number of hydrogen-bond acceptors (Lipinski definition) is 3. The third-order valence-corrected chi connectivity index (χ3v) is 5.29. The summed E-state index contributed by atoms with van der Waals surface area (Å²) < 4.78 is 5.46. The van der Waals surface area contributed by atoms with Gasteiger partial charge >= 0.3 is 12.1 Å². The monoisotopic (exact) mass is 317 g/mol. The maximum Gasteiger partial charge on any atom is 0.410 e. The number of hydrogen-bond donors (Lipinski definition) is 1. The highest BCUT2D eigenvalue weighted by molar-refractivity contribution is 5.73. The molecule has 2 atom stereocenters. The van der Waals surface area contributed by atoms with Crippen LogP contribution in [0.15, 0.2) is 30.3 Å². The molecule has 1 aromatic carbocycles. The summed E-state index contributed by atoms with van der Waals surface area (Å²) in [6, 6.07) is 9.55. The molecule has 5 heteroatoms. The van der Waals surface area contributed by atoms with Crippen molar-refractivity contribution in [2.24, 2.45) is 5.92 Å². The van der Waals surface area contributed by atoms with Crippen molar-refractivity contribution in [1.29, 1.82) is 0 Å². The third kappa shape index (κ3) is 3.19. The van der Waals surface area contributed by atoms with Gasteiger partial charge in [-0.15, -0.1) is 0 Å². The van der Waals surface area contributed by atoms with Crippen molar-refractivity contribution in [3.63, 3.8) is 0 Å². The van der Waals surface area contributed by atoms with E-state index in [0.717, 1.165) is 37.7 Å². The standard InChI is InChI=1S/C18H23NO4/c20-16(21)12-18-10-5-4-8-15(18)9-11-19(18)17(22)23-13-14-6-2-1-3-7-14/h1-3,6-7,15H,4-5,8-13H2,(H,20,21)/t15-,18+/m0/s1. The van der Waals surface area contributed by atoms with Crippen LogP contribution in [0, 0.1) is 5.92 Å². The van der Waals surface area contributed by atoms with Crippen molar-refractivity contribution >= 4 is 12.1 Å². The Morgan fingerprint density at radius 1 is 1.22 bits per heavy atom. The van der Waals surface area contributed by atoms with Crippen LogP contribution in [0.5, 0.6) is 0 Å². The molecule has 1 aliphatic heterocycles. The van der Waals surface area contributed by atoms with E-state index in [4.69, 9.17) is 4.74 Å². The summed E-state index contributed by atoms with van der Waals surface area (Å²) >= 11 is 0. The number of benzene rings is 1. The molecule has 1 aromatic rings. The molecule has 1 saturated heterocycles. The Morgan fingerprint density at radius 2 is 2.00 bits per heavy atom. The summed E-state index contributed by atoms with van der Waals surface area (Å²) in [4.78, 5) is 25.6. The Bertz CT molecular complexity index is 574. The van der Waals surface area contributed by atoms with Crippen LogP contribution in [0.4, 0.5) is 4.79 Å². The number of carbonyl (C=O) groups excluding carboxylic acids is 1. The topological polar surface area (TPSA) is 66.8 Å². The quantitative estimate of drug-likeness (QED) is 0.924. The Labute approximate surface area is 136 Å². The minimum absolute atomic E-state index is 0.0259. The van der Waals surface area contributed by atoms with E-state index in [2.05, 4.69) is 0 Å². The minimum atomic E-state index is -0.834. The number of likely N-dealkylation sites (tertiary alicyclic amines) is 1. The zero-order valence-corrected chi connectivity index (χ0v) is 13.2. The average Bonchev–Trinajstić information content (AvgIpc) is 2.91. The highest BCUT2D eigenvalue weighted by Crippen LogP contribution is 2.47. The summed E-state index contributed by atoms with van der Waals surface area (Å²) in [6.45, 7) is 0.829. The molecule has 1 aliphatic carbocycles. The molecule has 23 heavy (non-hydrogen) atoms. The molecular formula is C18H23NO4. The zero-order valence-electron chi connectivity index (χ0n) is 13.2. The molecule has 0 radical (unpaired) electrons. The largest absolute Gasteiger partial charge is 0.481 e. The third-order valence-electron chi connectivity index (χ3n) is 5.29. The van der Waals surface area contributed by atoms with Crippen molar-refractivity contribution in [3.05, 3.63) is 35.9 Å². The summed E-state index contributed by atoms with van der Waals surface area (Å²) in [5.41, 5.74) is 0.394. The van der Waals surface area contributed by atoms with Crippen molar-refractivity contribution in [2.75, 3.05) is 6.54 Å². The number of fused-ring (bicyclic) bond motifs is 1. The molecule has 3 rings (SSSR count). The maximum atomic E-state index is 12.6. The molecule has 1 heterocycles. The number of carboxylic acid groups (broad SMARTS) is 1. The first-order chi connectivity index (χ1) is 11.1. The fraction of sp³-hybridized carbons (Fsp3) is 0.556. The first-order valence-corrected chi connectivity index (χ1v) is 8.32. The average molecular weight is 317 g/mol. The summed E-state index contributed by atoms with van der Waals surface area (Å²) in [5, 5.41) is 9.34. The first-order valence-electron chi connectivity index (χ1n) is 8.32. The predicted molar refractivity (Wildman–Crippen MR) is 84.9 cm³/mol.